The lowest BCUT2D eigenvalue weighted by molar-refractivity contribution is 0.0891. The van der Waals surface area contributed by atoms with E-state index in [1.807, 2.05) is 0 Å². The van der Waals surface area contributed by atoms with E-state index in [-0.39, 0.29) is 5.91 Å². The predicted octanol–water partition coefficient (Wildman–Crippen LogP) is 0.520. The SMILES string of the molecule is CC1CC(NC(=O)c2cc(N)n[nH]2)C1. The van der Waals surface area contributed by atoms with Gasteiger partial charge in [-0.3, -0.25) is 9.89 Å². The summed E-state index contributed by atoms with van der Waals surface area (Å²) in [6.45, 7) is 2.18. The normalized spacial score (nSPS) is 25.5. The van der Waals surface area contributed by atoms with E-state index < -0.39 is 0 Å². The number of hydrogen-bond donors (Lipinski definition) is 3. The van der Waals surface area contributed by atoms with Gasteiger partial charge < -0.3 is 11.1 Å². The number of aromatic amines is 1. The molecule has 5 heteroatoms. The van der Waals surface area contributed by atoms with Crippen molar-refractivity contribution in [3.05, 3.63) is 11.8 Å². The average Bonchev–Trinajstić information content (AvgIpc) is 2.49. The number of hydrogen-bond acceptors (Lipinski definition) is 3. The van der Waals surface area contributed by atoms with E-state index in [4.69, 9.17) is 5.73 Å². The number of nitrogens with one attached hydrogen (secondary N) is 2. The summed E-state index contributed by atoms with van der Waals surface area (Å²) < 4.78 is 0. The van der Waals surface area contributed by atoms with Gasteiger partial charge in [-0.2, -0.15) is 5.10 Å². The number of nitrogens with zero attached hydrogens (tertiary/aromatic N) is 1. The molecule has 0 radical (unpaired) electrons. The number of carbonyl (C=O) groups is 1. The van der Waals surface area contributed by atoms with Gasteiger partial charge in [-0.1, -0.05) is 6.92 Å². The molecule has 14 heavy (non-hydrogen) atoms. The number of aromatic nitrogens is 2. The van der Waals surface area contributed by atoms with Crippen LogP contribution in [0, 0.1) is 5.92 Å². The summed E-state index contributed by atoms with van der Waals surface area (Å²) in [5, 5.41) is 9.19. The molecular weight excluding hydrogens is 180 g/mol. The minimum Gasteiger partial charge on any atom is -0.382 e. The van der Waals surface area contributed by atoms with Crippen molar-refractivity contribution in [1.29, 1.82) is 0 Å². The van der Waals surface area contributed by atoms with Crippen LogP contribution in [0.15, 0.2) is 6.07 Å². The summed E-state index contributed by atoms with van der Waals surface area (Å²) in [6, 6.07) is 1.86. The zero-order valence-corrected chi connectivity index (χ0v) is 8.08. The zero-order chi connectivity index (χ0) is 10.1. The second-order valence-corrected chi connectivity index (χ2v) is 3.95. The molecule has 0 atom stereocenters. The molecule has 0 spiro atoms. The number of amides is 1. The minimum absolute atomic E-state index is 0.119. The monoisotopic (exact) mass is 194 g/mol. The Bertz CT molecular complexity index is 340. The number of nitrogens with two attached hydrogens (primary N) is 1. The van der Waals surface area contributed by atoms with Crippen molar-refractivity contribution in [2.45, 2.75) is 25.8 Å². The lowest BCUT2D eigenvalue weighted by Crippen LogP contribution is -2.43. The first-order chi connectivity index (χ1) is 6.65. The number of anilines is 1. The van der Waals surface area contributed by atoms with E-state index in [2.05, 4.69) is 22.4 Å². The van der Waals surface area contributed by atoms with Crippen LogP contribution in [0.5, 0.6) is 0 Å². The van der Waals surface area contributed by atoms with Gasteiger partial charge in [0.15, 0.2) is 0 Å². The van der Waals surface area contributed by atoms with Crippen molar-refractivity contribution in [2.75, 3.05) is 5.73 Å². The molecule has 4 N–H and O–H groups in total. The van der Waals surface area contributed by atoms with Crippen molar-refractivity contribution >= 4 is 11.7 Å². The van der Waals surface area contributed by atoms with Gasteiger partial charge in [-0.05, 0) is 18.8 Å². The number of carbonyl (C=O) groups excluding carboxylic acids is 1. The summed E-state index contributed by atoms with van der Waals surface area (Å²) in [7, 11) is 0. The van der Waals surface area contributed by atoms with Crippen LogP contribution in [-0.4, -0.2) is 22.1 Å². The van der Waals surface area contributed by atoms with E-state index in [9.17, 15) is 4.79 Å². The van der Waals surface area contributed by atoms with Crippen LogP contribution in [0.4, 0.5) is 5.82 Å². The number of rotatable bonds is 2. The van der Waals surface area contributed by atoms with Gasteiger partial charge in [-0.15, -0.1) is 0 Å². The van der Waals surface area contributed by atoms with Gasteiger partial charge in [0.2, 0.25) is 0 Å². The molecule has 5 nitrogen and oxygen atoms in total. The maximum Gasteiger partial charge on any atom is 0.269 e. The van der Waals surface area contributed by atoms with Gasteiger partial charge in [0.1, 0.15) is 11.5 Å². The average molecular weight is 194 g/mol. The molecule has 1 aliphatic rings. The fourth-order valence-electron chi connectivity index (χ4n) is 1.74. The van der Waals surface area contributed by atoms with Crippen LogP contribution in [0.25, 0.3) is 0 Å². The highest BCUT2D eigenvalue weighted by molar-refractivity contribution is 5.93. The molecule has 0 unspecified atom stereocenters. The predicted molar refractivity (Wildman–Crippen MR) is 52.7 cm³/mol. The van der Waals surface area contributed by atoms with Crippen molar-refractivity contribution in [3.8, 4) is 0 Å². The summed E-state index contributed by atoms with van der Waals surface area (Å²) in [5.41, 5.74) is 5.83. The number of H-pyrrole nitrogens is 1. The maximum absolute atomic E-state index is 11.5. The first-order valence-corrected chi connectivity index (χ1v) is 4.77. The molecular formula is C9H14N4O. The highest BCUT2D eigenvalue weighted by atomic mass is 16.2. The molecule has 1 amide bonds. The van der Waals surface area contributed by atoms with Crippen molar-refractivity contribution in [1.82, 2.24) is 15.5 Å². The Morgan fingerprint density at radius 1 is 1.71 bits per heavy atom. The highest BCUT2D eigenvalue weighted by Gasteiger charge is 2.27. The fourth-order valence-corrected chi connectivity index (χ4v) is 1.74. The third-order valence-electron chi connectivity index (χ3n) is 2.55. The molecule has 1 aliphatic carbocycles. The standard InChI is InChI=1S/C9H14N4O/c1-5-2-6(3-5)11-9(14)7-4-8(10)13-12-7/h4-6H,2-3H2,1H3,(H,11,14)(H3,10,12,13). The van der Waals surface area contributed by atoms with Crippen LogP contribution < -0.4 is 11.1 Å². The third kappa shape index (κ3) is 1.71. The van der Waals surface area contributed by atoms with Crippen LogP contribution >= 0.6 is 0 Å². The molecule has 1 fully saturated rings. The zero-order valence-electron chi connectivity index (χ0n) is 8.08. The Hall–Kier alpha value is -1.52. The minimum atomic E-state index is -0.119. The molecule has 0 aromatic carbocycles. The van der Waals surface area contributed by atoms with Crippen molar-refractivity contribution < 1.29 is 4.79 Å². The first-order valence-electron chi connectivity index (χ1n) is 4.77. The molecule has 1 saturated carbocycles. The van der Waals surface area contributed by atoms with E-state index in [0.29, 0.717) is 17.6 Å². The number of nitrogen functional groups attached to an aromatic ring is 1. The lowest BCUT2D eigenvalue weighted by Gasteiger charge is -2.32. The molecule has 0 bridgehead atoms. The third-order valence-corrected chi connectivity index (χ3v) is 2.55. The lowest BCUT2D eigenvalue weighted by atomic mass is 9.82. The second-order valence-electron chi connectivity index (χ2n) is 3.95. The van der Waals surface area contributed by atoms with Crippen LogP contribution in [0.1, 0.15) is 30.3 Å². The molecule has 0 saturated heterocycles. The molecule has 2 rings (SSSR count). The molecule has 1 aromatic rings. The summed E-state index contributed by atoms with van der Waals surface area (Å²) in [6.07, 6.45) is 2.13. The Labute approximate surface area is 82.1 Å². The maximum atomic E-state index is 11.5. The van der Waals surface area contributed by atoms with E-state index in [0.717, 1.165) is 18.8 Å². The smallest absolute Gasteiger partial charge is 0.269 e. The molecule has 0 aliphatic heterocycles. The molecule has 1 heterocycles. The van der Waals surface area contributed by atoms with E-state index in [1.165, 1.54) is 6.07 Å². The van der Waals surface area contributed by atoms with Gasteiger partial charge in [0, 0.05) is 12.1 Å². The Kier molecular flexibility index (Phi) is 2.15. The highest BCUT2D eigenvalue weighted by Crippen LogP contribution is 2.26. The van der Waals surface area contributed by atoms with Gasteiger partial charge in [0.25, 0.3) is 5.91 Å². The fraction of sp³-hybridized carbons (Fsp3) is 0.556. The summed E-state index contributed by atoms with van der Waals surface area (Å²) in [5.74, 6) is 0.954. The summed E-state index contributed by atoms with van der Waals surface area (Å²) in [4.78, 5) is 11.5. The summed E-state index contributed by atoms with van der Waals surface area (Å²) >= 11 is 0. The topological polar surface area (TPSA) is 83.8 Å². The molecule has 76 valence electrons. The van der Waals surface area contributed by atoms with Gasteiger partial charge >= 0.3 is 0 Å². The van der Waals surface area contributed by atoms with Gasteiger partial charge in [-0.25, -0.2) is 0 Å². The Morgan fingerprint density at radius 2 is 2.43 bits per heavy atom. The largest absolute Gasteiger partial charge is 0.382 e. The van der Waals surface area contributed by atoms with Crippen LogP contribution in [0.2, 0.25) is 0 Å². The quantitative estimate of drug-likeness (QED) is 0.641. The van der Waals surface area contributed by atoms with Crippen LogP contribution in [0.3, 0.4) is 0 Å². The Morgan fingerprint density at radius 3 is 2.93 bits per heavy atom. The van der Waals surface area contributed by atoms with E-state index in [1.54, 1.807) is 0 Å². The van der Waals surface area contributed by atoms with Crippen molar-refractivity contribution in [3.63, 3.8) is 0 Å². The first kappa shape index (κ1) is 9.05. The molecule has 1 aromatic heterocycles. The second kappa shape index (κ2) is 3.32. The van der Waals surface area contributed by atoms with Crippen molar-refractivity contribution in [2.24, 2.45) is 5.92 Å². The van der Waals surface area contributed by atoms with Crippen LogP contribution in [-0.2, 0) is 0 Å². The Balaban J connectivity index is 1.90. The van der Waals surface area contributed by atoms with E-state index >= 15 is 0 Å². The van der Waals surface area contributed by atoms with Gasteiger partial charge in [0.05, 0.1) is 0 Å².